The third kappa shape index (κ3) is 4.23. The normalized spacial score (nSPS) is 18.5. The molecule has 148 valence electrons. The largest absolute Gasteiger partial charge is 0.497 e. The summed E-state index contributed by atoms with van der Waals surface area (Å²) in [5, 5.41) is 13.8. The fourth-order valence-corrected chi connectivity index (χ4v) is 3.74. The molecule has 0 radical (unpaired) electrons. The SMILES string of the molecule is COc1ccc([C@@H]2CCC[NH+]2CC(=O)Nc2ccccc2[N+](=O)[O-])c(OC)c1. The van der Waals surface area contributed by atoms with Crippen molar-refractivity contribution in [2.45, 2.75) is 18.9 Å². The maximum atomic E-state index is 12.6. The monoisotopic (exact) mass is 386 g/mol. The van der Waals surface area contributed by atoms with Crippen molar-refractivity contribution >= 4 is 17.3 Å². The number of benzene rings is 2. The molecule has 0 saturated carbocycles. The van der Waals surface area contributed by atoms with Gasteiger partial charge in [0.2, 0.25) is 0 Å². The summed E-state index contributed by atoms with van der Waals surface area (Å²) in [5.41, 5.74) is 1.14. The van der Waals surface area contributed by atoms with Gasteiger partial charge in [-0.1, -0.05) is 12.1 Å². The minimum atomic E-state index is -0.497. The van der Waals surface area contributed by atoms with Crippen LogP contribution in [-0.4, -0.2) is 38.1 Å². The number of para-hydroxylation sites is 2. The predicted molar refractivity (Wildman–Crippen MR) is 104 cm³/mol. The minimum absolute atomic E-state index is 0.111. The van der Waals surface area contributed by atoms with E-state index in [0.717, 1.165) is 35.6 Å². The van der Waals surface area contributed by atoms with Gasteiger partial charge in [-0.15, -0.1) is 0 Å². The van der Waals surface area contributed by atoms with Crippen LogP contribution in [-0.2, 0) is 4.79 Å². The molecule has 3 rings (SSSR count). The van der Waals surface area contributed by atoms with Crippen LogP contribution in [0.15, 0.2) is 42.5 Å². The van der Waals surface area contributed by atoms with Crippen molar-refractivity contribution in [2.75, 3.05) is 32.6 Å². The van der Waals surface area contributed by atoms with Gasteiger partial charge in [-0.2, -0.15) is 0 Å². The molecule has 8 heteroatoms. The number of nitrogens with zero attached hydrogens (tertiary/aromatic N) is 1. The first kappa shape index (κ1) is 19.6. The first-order valence-corrected chi connectivity index (χ1v) is 9.13. The standard InChI is InChI=1S/C20H23N3O5/c1-27-14-9-10-15(19(12-14)28-2)17-8-5-11-22(17)13-20(24)21-16-6-3-4-7-18(16)23(25)26/h3-4,6-7,9-10,12,17H,5,8,11,13H2,1-2H3,(H,21,24)/p+1/t17-/m0/s1. The molecule has 0 spiro atoms. The van der Waals surface area contributed by atoms with Crippen LogP contribution >= 0.6 is 0 Å². The van der Waals surface area contributed by atoms with E-state index < -0.39 is 4.92 Å². The summed E-state index contributed by atoms with van der Waals surface area (Å²) in [6.45, 7) is 1.08. The van der Waals surface area contributed by atoms with Crippen LogP contribution in [0.3, 0.4) is 0 Å². The van der Waals surface area contributed by atoms with E-state index in [1.807, 2.05) is 18.2 Å². The molecule has 2 aromatic carbocycles. The molecular formula is C20H24N3O5+. The number of anilines is 1. The maximum absolute atomic E-state index is 12.6. The number of ether oxygens (including phenoxy) is 2. The fraction of sp³-hybridized carbons (Fsp3) is 0.350. The summed E-state index contributed by atoms with van der Waals surface area (Å²) in [4.78, 5) is 24.3. The number of likely N-dealkylation sites (tertiary alicyclic amines) is 1. The highest BCUT2D eigenvalue weighted by molar-refractivity contribution is 5.93. The molecule has 1 heterocycles. The number of amides is 1. The first-order valence-electron chi connectivity index (χ1n) is 9.13. The third-order valence-corrected chi connectivity index (χ3v) is 5.06. The first-order chi connectivity index (χ1) is 13.5. The highest BCUT2D eigenvalue weighted by Crippen LogP contribution is 2.31. The summed E-state index contributed by atoms with van der Waals surface area (Å²) in [6.07, 6.45) is 1.94. The van der Waals surface area contributed by atoms with Gasteiger partial charge in [-0.3, -0.25) is 14.9 Å². The van der Waals surface area contributed by atoms with Gasteiger partial charge in [-0.25, -0.2) is 0 Å². The van der Waals surface area contributed by atoms with Gasteiger partial charge in [0.15, 0.2) is 6.54 Å². The Morgan fingerprint density at radius 1 is 1.25 bits per heavy atom. The number of carbonyl (C=O) groups excluding carboxylic acids is 1. The van der Waals surface area contributed by atoms with E-state index in [9.17, 15) is 14.9 Å². The highest BCUT2D eigenvalue weighted by Gasteiger charge is 2.34. The highest BCUT2D eigenvalue weighted by atomic mass is 16.6. The van der Waals surface area contributed by atoms with Crippen molar-refractivity contribution in [1.82, 2.24) is 0 Å². The lowest BCUT2D eigenvalue weighted by atomic mass is 10.0. The summed E-state index contributed by atoms with van der Waals surface area (Å²) in [5.74, 6) is 1.21. The predicted octanol–water partition coefficient (Wildman–Crippen LogP) is 1.97. The summed E-state index contributed by atoms with van der Waals surface area (Å²) >= 11 is 0. The van der Waals surface area contributed by atoms with Crippen molar-refractivity contribution in [2.24, 2.45) is 0 Å². The second kappa shape index (κ2) is 8.71. The Morgan fingerprint density at radius 3 is 2.75 bits per heavy atom. The topological polar surface area (TPSA) is 95.1 Å². The van der Waals surface area contributed by atoms with Crippen molar-refractivity contribution in [3.63, 3.8) is 0 Å². The van der Waals surface area contributed by atoms with Crippen LogP contribution in [0.1, 0.15) is 24.4 Å². The fourth-order valence-electron chi connectivity index (χ4n) is 3.74. The molecule has 0 aliphatic carbocycles. The average molecular weight is 386 g/mol. The molecule has 1 aliphatic rings. The van der Waals surface area contributed by atoms with Crippen molar-refractivity contribution in [1.29, 1.82) is 0 Å². The van der Waals surface area contributed by atoms with Crippen LogP contribution in [0.4, 0.5) is 11.4 Å². The van der Waals surface area contributed by atoms with Gasteiger partial charge in [-0.05, 0) is 18.2 Å². The Hall–Kier alpha value is -3.13. The number of rotatable bonds is 7. The zero-order valence-electron chi connectivity index (χ0n) is 15.9. The zero-order valence-corrected chi connectivity index (χ0v) is 15.9. The average Bonchev–Trinajstić information content (AvgIpc) is 3.15. The Kier molecular flexibility index (Phi) is 6.10. The van der Waals surface area contributed by atoms with Crippen molar-refractivity contribution in [3.05, 3.63) is 58.1 Å². The molecule has 1 aliphatic heterocycles. The lowest BCUT2D eigenvalue weighted by Crippen LogP contribution is -3.11. The molecule has 8 nitrogen and oxygen atoms in total. The molecule has 28 heavy (non-hydrogen) atoms. The Balaban J connectivity index is 1.74. The molecule has 1 fully saturated rings. The third-order valence-electron chi connectivity index (χ3n) is 5.06. The van der Waals surface area contributed by atoms with E-state index in [0.29, 0.717) is 5.75 Å². The van der Waals surface area contributed by atoms with Gasteiger partial charge in [0.05, 0.1) is 31.3 Å². The summed E-state index contributed by atoms with van der Waals surface area (Å²) < 4.78 is 10.8. The van der Waals surface area contributed by atoms with E-state index in [-0.39, 0.29) is 29.9 Å². The number of hydrogen-bond donors (Lipinski definition) is 2. The molecule has 1 saturated heterocycles. The summed E-state index contributed by atoms with van der Waals surface area (Å²) in [7, 11) is 3.23. The maximum Gasteiger partial charge on any atom is 0.292 e. The van der Waals surface area contributed by atoms with E-state index >= 15 is 0 Å². The molecule has 0 bridgehead atoms. The summed E-state index contributed by atoms with van der Waals surface area (Å²) in [6, 6.07) is 12.0. The van der Waals surface area contributed by atoms with E-state index in [4.69, 9.17) is 9.47 Å². The van der Waals surface area contributed by atoms with Gasteiger partial charge >= 0.3 is 0 Å². The van der Waals surface area contributed by atoms with Gasteiger partial charge < -0.3 is 19.7 Å². The van der Waals surface area contributed by atoms with Crippen molar-refractivity contribution in [3.8, 4) is 11.5 Å². The molecule has 1 amide bonds. The molecule has 2 aromatic rings. The van der Waals surface area contributed by atoms with Crippen LogP contribution < -0.4 is 19.7 Å². The van der Waals surface area contributed by atoms with Crippen LogP contribution in [0.25, 0.3) is 0 Å². The number of carbonyl (C=O) groups is 1. The lowest BCUT2D eigenvalue weighted by Gasteiger charge is -2.23. The van der Waals surface area contributed by atoms with Gasteiger partial charge in [0.25, 0.3) is 11.6 Å². The molecule has 1 unspecified atom stereocenters. The Morgan fingerprint density at radius 2 is 2.04 bits per heavy atom. The van der Waals surface area contributed by atoms with E-state index in [1.165, 1.54) is 6.07 Å². The number of nitrogens with one attached hydrogen (secondary N) is 2. The number of hydrogen-bond acceptors (Lipinski definition) is 5. The number of quaternary nitrogens is 1. The number of nitro groups is 1. The van der Waals surface area contributed by atoms with Gasteiger partial charge in [0, 0.05) is 25.0 Å². The van der Waals surface area contributed by atoms with Crippen LogP contribution in [0, 0.1) is 10.1 Å². The lowest BCUT2D eigenvalue weighted by molar-refractivity contribution is -0.910. The second-order valence-electron chi connectivity index (χ2n) is 6.71. The molecular weight excluding hydrogens is 362 g/mol. The van der Waals surface area contributed by atoms with Crippen LogP contribution in [0.2, 0.25) is 0 Å². The smallest absolute Gasteiger partial charge is 0.292 e. The molecule has 2 atom stereocenters. The quantitative estimate of drug-likeness (QED) is 0.560. The number of nitro benzene ring substituents is 1. The van der Waals surface area contributed by atoms with E-state index in [1.54, 1.807) is 32.4 Å². The Labute approximate surface area is 163 Å². The molecule has 0 aromatic heterocycles. The van der Waals surface area contributed by atoms with Crippen LogP contribution in [0.5, 0.6) is 11.5 Å². The van der Waals surface area contributed by atoms with Gasteiger partial charge in [0.1, 0.15) is 23.2 Å². The second-order valence-corrected chi connectivity index (χ2v) is 6.71. The number of methoxy groups -OCH3 is 2. The Bertz CT molecular complexity index is 871. The zero-order chi connectivity index (χ0) is 20.1. The van der Waals surface area contributed by atoms with Crippen molar-refractivity contribution < 1.29 is 24.1 Å². The van der Waals surface area contributed by atoms with E-state index in [2.05, 4.69) is 5.32 Å². The minimum Gasteiger partial charge on any atom is -0.497 e. The molecule has 2 N–H and O–H groups in total.